The zero-order chi connectivity index (χ0) is 27.4. The van der Waals surface area contributed by atoms with Gasteiger partial charge < -0.3 is 30.5 Å². The third-order valence-corrected chi connectivity index (χ3v) is 8.01. The maximum absolute atomic E-state index is 12.6. The second-order valence-electron chi connectivity index (χ2n) is 10.8. The van der Waals surface area contributed by atoms with E-state index >= 15 is 0 Å². The van der Waals surface area contributed by atoms with Crippen LogP contribution < -0.4 is 20.3 Å². The number of fused-ring (bicyclic) bond motifs is 3. The molecule has 3 aliphatic rings. The van der Waals surface area contributed by atoms with Crippen LogP contribution in [0.15, 0.2) is 42.5 Å². The van der Waals surface area contributed by atoms with E-state index in [1.54, 1.807) is 7.11 Å². The van der Waals surface area contributed by atoms with Gasteiger partial charge in [-0.05, 0) is 67.8 Å². The summed E-state index contributed by atoms with van der Waals surface area (Å²) in [6.45, 7) is 5.26. The smallest absolute Gasteiger partial charge is 0.332 e. The van der Waals surface area contributed by atoms with Gasteiger partial charge in [0.2, 0.25) is 5.91 Å². The van der Waals surface area contributed by atoms with Crippen molar-refractivity contribution in [2.75, 3.05) is 25.6 Å². The highest BCUT2D eigenvalue weighted by atomic mass is 16.5. The number of carbonyl (C=O) groups excluding carboxylic acids is 1. The van der Waals surface area contributed by atoms with E-state index in [1.165, 1.54) is 30.9 Å². The van der Waals surface area contributed by atoms with Crippen LogP contribution in [0.5, 0.6) is 5.75 Å². The average Bonchev–Trinajstić information content (AvgIpc) is 3.72. The van der Waals surface area contributed by atoms with Crippen molar-refractivity contribution in [2.45, 2.75) is 70.2 Å². The first-order valence-electron chi connectivity index (χ1n) is 13.7. The topological polar surface area (TPSA) is 111 Å². The predicted octanol–water partition coefficient (Wildman–Crippen LogP) is 3.84. The molecule has 8 heteroatoms. The molecular weight excluding hydrogens is 482 g/mol. The number of benzene rings is 2. The monoisotopic (exact) mass is 523 g/mol. The summed E-state index contributed by atoms with van der Waals surface area (Å²) in [6, 6.07) is 15.7. The second kappa shape index (κ2) is 12.3. The molecule has 206 valence electrons. The molecule has 6 atom stereocenters. The molecule has 2 fully saturated rings. The number of ether oxygens (including phenoxy) is 1. The molecule has 0 aromatic heterocycles. The minimum absolute atomic E-state index is 0.177. The van der Waals surface area contributed by atoms with Crippen molar-refractivity contribution in [3.8, 4) is 5.75 Å². The highest BCUT2D eigenvalue weighted by molar-refractivity contribution is 6.01. The number of aliphatic hydroxyl groups is 1. The third-order valence-electron chi connectivity index (χ3n) is 8.01. The minimum Gasteiger partial charge on any atom is -0.496 e. The van der Waals surface area contributed by atoms with Crippen molar-refractivity contribution in [1.82, 2.24) is 10.6 Å². The first-order chi connectivity index (χ1) is 18.2. The summed E-state index contributed by atoms with van der Waals surface area (Å²) in [5, 5.41) is 23.4. The number of hydrogen-bond acceptors (Lipinski definition) is 6. The van der Waals surface area contributed by atoms with Gasteiger partial charge >= 0.3 is 5.97 Å². The molecule has 1 saturated carbocycles. The average molecular weight is 524 g/mol. The number of carboxylic acid groups (broad SMARTS) is 1. The second-order valence-corrected chi connectivity index (χ2v) is 10.8. The maximum atomic E-state index is 12.6. The first kappa shape index (κ1) is 28.1. The summed E-state index contributed by atoms with van der Waals surface area (Å²) in [5.41, 5.74) is 4.77. The van der Waals surface area contributed by atoms with Gasteiger partial charge in [0, 0.05) is 42.8 Å². The van der Waals surface area contributed by atoms with E-state index in [-0.39, 0.29) is 11.8 Å². The number of anilines is 1. The lowest BCUT2D eigenvalue weighted by Crippen LogP contribution is -2.49. The van der Waals surface area contributed by atoms with Crippen LogP contribution in [0.1, 0.15) is 68.2 Å². The summed E-state index contributed by atoms with van der Waals surface area (Å²) in [5.74, 6) is 1.25. The van der Waals surface area contributed by atoms with Crippen molar-refractivity contribution in [3.05, 3.63) is 59.2 Å². The van der Waals surface area contributed by atoms with E-state index in [0.29, 0.717) is 23.9 Å². The third kappa shape index (κ3) is 6.20. The Balaban J connectivity index is 0.000000505. The number of nitrogens with one attached hydrogen (secondary N) is 2. The van der Waals surface area contributed by atoms with E-state index in [1.807, 2.05) is 11.9 Å². The number of carbonyl (C=O) groups is 2. The fourth-order valence-electron chi connectivity index (χ4n) is 5.82. The fraction of sp³-hybridized carbons (Fsp3) is 0.533. The molecule has 2 heterocycles. The van der Waals surface area contributed by atoms with Gasteiger partial charge in [-0.15, -0.1) is 0 Å². The number of carboxylic acids is 1. The number of aliphatic carboxylic acids is 1. The number of aliphatic hydroxyl groups excluding tert-OH is 1. The number of hydrogen-bond donors (Lipinski definition) is 4. The molecule has 1 aliphatic carbocycles. The number of rotatable bonds is 8. The quantitative estimate of drug-likeness (QED) is 0.416. The molecule has 0 radical (unpaired) electrons. The summed E-state index contributed by atoms with van der Waals surface area (Å²) in [6.07, 6.45) is 3.38. The first-order valence-corrected chi connectivity index (χ1v) is 13.7. The maximum Gasteiger partial charge on any atom is 0.332 e. The van der Waals surface area contributed by atoms with E-state index in [9.17, 15) is 9.59 Å². The van der Waals surface area contributed by atoms with Gasteiger partial charge in [0.1, 0.15) is 11.9 Å². The highest BCUT2D eigenvalue weighted by Crippen LogP contribution is 2.56. The number of amides is 1. The molecule has 1 saturated heterocycles. The van der Waals surface area contributed by atoms with Gasteiger partial charge in [-0.1, -0.05) is 43.7 Å². The lowest BCUT2D eigenvalue weighted by Gasteiger charge is -2.38. The van der Waals surface area contributed by atoms with Crippen LogP contribution in [0.4, 0.5) is 5.69 Å². The Morgan fingerprint density at radius 3 is 2.55 bits per heavy atom. The van der Waals surface area contributed by atoms with E-state index in [0.717, 1.165) is 42.9 Å². The zero-order valence-electron chi connectivity index (χ0n) is 22.8. The summed E-state index contributed by atoms with van der Waals surface area (Å²) >= 11 is 0. The molecule has 0 bridgehead atoms. The van der Waals surface area contributed by atoms with E-state index in [2.05, 4.69) is 60.0 Å². The van der Waals surface area contributed by atoms with Crippen LogP contribution in [0.3, 0.4) is 0 Å². The molecule has 5 rings (SSSR count). The van der Waals surface area contributed by atoms with Gasteiger partial charge in [0.15, 0.2) is 0 Å². The summed E-state index contributed by atoms with van der Waals surface area (Å²) in [7, 11) is 3.66. The molecule has 8 nitrogen and oxygen atoms in total. The Morgan fingerprint density at radius 1 is 1.21 bits per heavy atom. The molecular formula is C30H41N3O5. The largest absolute Gasteiger partial charge is 0.496 e. The van der Waals surface area contributed by atoms with Crippen molar-refractivity contribution in [3.63, 3.8) is 0 Å². The normalized spacial score (nSPS) is 26.4. The van der Waals surface area contributed by atoms with Crippen LogP contribution in [-0.4, -0.2) is 54.9 Å². The Kier molecular flexibility index (Phi) is 9.07. The Bertz CT molecular complexity index is 1120. The predicted molar refractivity (Wildman–Crippen MR) is 147 cm³/mol. The molecule has 4 N–H and O–H groups in total. The Labute approximate surface area is 225 Å². The SMILES string of the molecule is CC(O)C(=O)O.CCCC1CNC(c2ccccc2)C(NCc2cc3c(cc2OC)C2CC2C(=O)N3C)C1. The molecule has 38 heavy (non-hydrogen) atoms. The van der Waals surface area contributed by atoms with Crippen LogP contribution in [0.25, 0.3) is 0 Å². The summed E-state index contributed by atoms with van der Waals surface area (Å²) in [4.78, 5) is 23.9. The standard InChI is InChI=1S/C27H35N3O2.C3H6O3/c1-4-8-17-11-23(26(29-15-17)18-9-6-5-7-10-18)28-16-19-12-24-21(14-25(19)32-3)20-13-22(20)27(31)30(24)2;1-2(4)3(5)6/h5-7,9-10,12,14,17,20,22-23,26,28-29H,4,8,11,13,15-16H2,1-3H3;2,4H,1H3,(H,5,6). The molecule has 2 aromatic rings. The Morgan fingerprint density at radius 2 is 1.92 bits per heavy atom. The minimum atomic E-state index is -1.23. The van der Waals surface area contributed by atoms with Gasteiger partial charge in [0.05, 0.1) is 7.11 Å². The summed E-state index contributed by atoms with van der Waals surface area (Å²) < 4.78 is 5.79. The zero-order valence-corrected chi connectivity index (χ0v) is 22.8. The molecule has 2 aliphatic heterocycles. The number of piperidine rings is 1. The Hall–Kier alpha value is -2.94. The lowest BCUT2D eigenvalue weighted by atomic mass is 9.84. The molecule has 1 amide bonds. The van der Waals surface area contributed by atoms with Gasteiger partial charge in [-0.25, -0.2) is 4.79 Å². The highest BCUT2D eigenvalue weighted by Gasteiger charge is 2.50. The van der Waals surface area contributed by atoms with Crippen molar-refractivity contribution < 1.29 is 24.5 Å². The fourth-order valence-corrected chi connectivity index (χ4v) is 5.82. The van der Waals surface area contributed by atoms with Crippen LogP contribution >= 0.6 is 0 Å². The molecule has 2 aromatic carbocycles. The van der Waals surface area contributed by atoms with Crippen molar-refractivity contribution in [1.29, 1.82) is 0 Å². The van der Waals surface area contributed by atoms with Gasteiger partial charge in [-0.2, -0.15) is 0 Å². The number of methoxy groups -OCH3 is 1. The van der Waals surface area contributed by atoms with Crippen LogP contribution in [-0.2, 0) is 16.1 Å². The molecule has 6 unspecified atom stereocenters. The van der Waals surface area contributed by atoms with Crippen molar-refractivity contribution in [2.24, 2.45) is 11.8 Å². The van der Waals surface area contributed by atoms with Crippen LogP contribution in [0, 0.1) is 11.8 Å². The number of nitrogens with zero attached hydrogens (tertiary/aromatic N) is 1. The van der Waals surface area contributed by atoms with E-state index < -0.39 is 12.1 Å². The van der Waals surface area contributed by atoms with Crippen LogP contribution in [0.2, 0.25) is 0 Å². The molecule has 0 spiro atoms. The van der Waals surface area contributed by atoms with Crippen molar-refractivity contribution >= 4 is 17.6 Å². The van der Waals surface area contributed by atoms with Gasteiger partial charge in [0.25, 0.3) is 0 Å². The lowest BCUT2D eigenvalue weighted by molar-refractivity contribution is -0.145. The van der Waals surface area contributed by atoms with E-state index in [4.69, 9.17) is 14.9 Å². The van der Waals surface area contributed by atoms with Gasteiger partial charge in [-0.3, -0.25) is 4.79 Å².